The first-order valence-corrected chi connectivity index (χ1v) is 27.2. The highest BCUT2D eigenvalue weighted by atomic mass is 33.8. The van der Waals surface area contributed by atoms with Gasteiger partial charge in [0.1, 0.15) is 20.1 Å². The number of aromatic nitrogens is 2. The molecular weight excluding hydrogens is 813 g/mol. The zero-order valence-corrected chi connectivity index (χ0v) is 37.2. The van der Waals surface area contributed by atoms with Crippen LogP contribution in [-0.4, -0.2) is 70.2 Å². The molecule has 0 N–H and O–H groups in total. The van der Waals surface area contributed by atoms with Crippen molar-refractivity contribution in [2.45, 2.75) is 23.9 Å². The Morgan fingerprint density at radius 3 is 1.29 bits per heavy atom. The summed E-state index contributed by atoms with van der Waals surface area (Å²) in [4.78, 5) is 12.5. The van der Waals surface area contributed by atoms with Gasteiger partial charge in [0.2, 0.25) is 0 Å². The Morgan fingerprint density at radius 1 is 0.569 bits per heavy atom. The van der Waals surface area contributed by atoms with Crippen molar-refractivity contribution in [3.63, 3.8) is 0 Å². The summed E-state index contributed by atoms with van der Waals surface area (Å²) in [6.45, 7) is 4.39. The molecule has 0 bridgehead atoms. The van der Waals surface area contributed by atoms with Crippen LogP contribution in [0.4, 0.5) is 0 Å². The van der Waals surface area contributed by atoms with Gasteiger partial charge in [0.25, 0.3) is 0 Å². The predicted molar refractivity (Wildman–Crippen MR) is 227 cm³/mol. The molecule has 2 heterocycles. The van der Waals surface area contributed by atoms with E-state index in [2.05, 4.69) is 74.6 Å². The molecule has 6 rings (SSSR count). The van der Waals surface area contributed by atoms with E-state index in [9.17, 15) is 0 Å². The summed E-state index contributed by atoms with van der Waals surface area (Å²) in [5, 5.41) is 0.374. The first kappa shape index (κ1) is 39.8. The normalized spacial score (nSPS) is 24.0. The summed E-state index contributed by atoms with van der Waals surface area (Å²) in [6.07, 6.45) is 12.9. The molecule has 8 nitrogen and oxygen atoms in total. The fraction of sp³-hybridized carbons (Fsp3) is 0.353. The van der Waals surface area contributed by atoms with Crippen LogP contribution in [0.2, 0.25) is 0 Å². The molecule has 2 aromatic carbocycles. The molecule has 4 aromatic rings. The lowest BCUT2D eigenvalue weighted by molar-refractivity contribution is 0.0902. The zero-order valence-electron chi connectivity index (χ0n) is 29.4. The van der Waals surface area contributed by atoms with Crippen LogP contribution in [0.3, 0.4) is 0 Å². The smallest absolute Gasteiger partial charge is 0.376 e. The van der Waals surface area contributed by atoms with Crippen molar-refractivity contribution < 1.29 is 26.6 Å². The number of nitrogens with zero attached hydrogens (tertiary/aromatic N) is 2. The van der Waals surface area contributed by atoms with E-state index >= 15 is 0 Å². The maximum absolute atomic E-state index is 6.29. The fourth-order valence-electron chi connectivity index (χ4n) is 7.19. The maximum atomic E-state index is 6.29. The van der Waals surface area contributed by atoms with Crippen molar-refractivity contribution >= 4 is 112 Å². The van der Waals surface area contributed by atoms with Crippen LogP contribution in [-0.2, 0) is 36.6 Å². The number of fused-ring (bicyclic) bond motifs is 2. The van der Waals surface area contributed by atoms with Crippen molar-refractivity contribution in [2.24, 2.45) is 11.8 Å². The third-order valence-electron chi connectivity index (χ3n) is 9.58. The van der Waals surface area contributed by atoms with Crippen LogP contribution in [0.5, 0.6) is 0 Å². The number of allylic oxidation sites excluding steroid dienone is 8. The van der Waals surface area contributed by atoms with Crippen molar-refractivity contribution in [3.8, 4) is 0 Å². The highest BCUT2D eigenvalue weighted by molar-refractivity contribution is 9.36. The Hall–Kier alpha value is -0.876. The molecule has 2 aromatic heterocycles. The Labute approximate surface area is 328 Å². The summed E-state index contributed by atoms with van der Waals surface area (Å²) in [5.74, 6) is -0.00923. The predicted octanol–water partition coefficient (Wildman–Crippen LogP) is 10.4. The number of rotatable bonds is 16. The van der Waals surface area contributed by atoms with Gasteiger partial charge in [-0.2, -0.15) is 0 Å². The summed E-state index contributed by atoms with van der Waals surface area (Å²) in [6, 6.07) is 16.4. The first-order chi connectivity index (χ1) is 24.8. The second-order valence-electron chi connectivity index (χ2n) is 11.7. The van der Waals surface area contributed by atoms with Gasteiger partial charge >= 0.3 is 17.6 Å². The van der Waals surface area contributed by atoms with Gasteiger partial charge in [-0.15, -0.1) is 22.7 Å². The third-order valence-corrected chi connectivity index (χ3v) is 28.3. The van der Waals surface area contributed by atoms with Crippen molar-refractivity contribution in [1.82, 2.24) is 9.97 Å². The van der Waals surface area contributed by atoms with E-state index in [1.165, 1.54) is 0 Å². The Kier molecular flexibility index (Phi) is 13.2. The highest BCUT2D eigenvalue weighted by Gasteiger charge is 2.69. The van der Waals surface area contributed by atoms with Gasteiger partial charge in [0.15, 0.2) is 0 Å². The number of para-hydroxylation sites is 2. The van der Waals surface area contributed by atoms with Crippen molar-refractivity contribution in [3.05, 3.63) is 105 Å². The number of benzene rings is 2. The highest BCUT2D eigenvalue weighted by Crippen LogP contribution is 2.63. The van der Waals surface area contributed by atoms with Crippen LogP contribution >= 0.6 is 73.7 Å². The molecule has 2 aliphatic carbocycles. The van der Waals surface area contributed by atoms with Crippen LogP contribution in [0, 0.1) is 11.8 Å². The van der Waals surface area contributed by atoms with Gasteiger partial charge in [-0.3, -0.25) is 0 Å². The SMILES string of the molecule is CO[Si](OC)(OC)C1(c2nc3ccccc3s2)C(SSSSSC2=CC=CC(C)C2(c2nc3ccccc3s2)[Si](OC)(OC)OC)=CC=CC1C. The molecule has 0 aliphatic heterocycles. The molecule has 17 heteroatoms. The lowest BCUT2D eigenvalue weighted by atomic mass is 9.88. The maximum Gasteiger partial charge on any atom is 0.519 e. The summed E-state index contributed by atoms with van der Waals surface area (Å²) in [7, 11) is 11.8. The monoisotopic (exact) mass is 852 g/mol. The van der Waals surface area contributed by atoms with Crippen LogP contribution < -0.4 is 0 Å². The third kappa shape index (κ3) is 6.54. The van der Waals surface area contributed by atoms with E-state index in [0.29, 0.717) is 0 Å². The van der Waals surface area contributed by atoms with Gasteiger partial charge in [0.05, 0.1) is 20.4 Å². The summed E-state index contributed by atoms with van der Waals surface area (Å²) in [5.41, 5.74) is 1.90. The van der Waals surface area contributed by atoms with Gasteiger partial charge in [0, 0.05) is 52.5 Å². The molecular formula is C34H40N2O6S7Si2. The minimum Gasteiger partial charge on any atom is -0.376 e. The van der Waals surface area contributed by atoms with Gasteiger partial charge < -0.3 is 26.6 Å². The average Bonchev–Trinajstić information content (AvgIpc) is 3.80. The molecule has 2 aliphatic rings. The van der Waals surface area contributed by atoms with E-state index in [1.54, 1.807) is 116 Å². The molecule has 272 valence electrons. The molecule has 4 atom stereocenters. The molecule has 0 spiro atoms. The summed E-state index contributed by atoms with van der Waals surface area (Å²) < 4.78 is 40.0. The minimum atomic E-state index is -3.39. The number of thiazole rings is 2. The summed E-state index contributed by atoms with van der Waals surface area (Å²) >= 11 is 3.35. The molecule has 0 fully saturated rings. The van der Waals surface area contributed by atoms with Crippen LogP contribution in [0.1, 0.15) is 23.9 Å². The minimum absolute atomic E-state index is 0.00462. The van der Waals surface area contributed by atoms with Crippen molar-refractivity contribution in [1.29, 1.82) is 0 Å². The van der Waals surface area contributed by atoms with E-state index < -0.39 is 27.7 Å². The Bertz CT molecular complexity index is 1740. The van der Waals surface area contributed by atoms with Gasteiger partial charge in [-0.05, 0) is 87.2 Å². The Morgan fingerprint density at radius 2 is 0.941 bits per heavy atom. The molecule has 0 amide bonds. The molecule has 4 unspecified atom stereocenters. The van der Waals surface area contributed by atoms with E-state index in [4.69, 9.17) is 36.5 Å². The second kappa shape index (κ2) is 16.9. The van der Waals surface area contributed by atoms with E-state index in [1.807, 2.05) is 24.3 Å². The molecule has 0 radical (unpaired) electrons. The lowest BCUT2D eigenvalue weighted by Crippen LogP contribution is -2.65. The Balaban J connectivity index is 1.30. The van der Waals surface area contributed by atoms with Gasteiger partial charge in [-0.1, -0.05) is 74.6 Å². The largest absolute Gasteiger partial charge is 0.519 e. The number of hydrogen-bond donors (Lipinski definition) is 0. The van der Waals surface area contributed by atoms with E-state index in [-0.39, 0.29) is 11.8 Å². The standard InChI is InChI=1S/C34H40N2O6S7Si2/c1-23-15-13-21-29(33(23,50(37-3,38-4)39-5)31-35-25-17-9-11-19-27(25)43-31)45-47-49-48-46-30-22-14-16-24(2)34(30,51(40-6,41-7)42-8)32-36-26-18-10-12-20-28(26)44-32/h9-24H,1-8H3. The molecule has 51 heavy (non-hydrogen) atoms. The molecule has 0 saturated carbocycles. The zero-order chi connectivity index (χ0) is 36.3. The van der Waals surface area contributed by atoms with Crippen LogP contribution in [0.15, 0.2) is 94.8 Å². The quantitative estimate of drug-likeness (QED) is 0.0610. The fourth-order valence-corrected chi connectivity index (χ4v) is 27.0. The second-order valence-corrected chi connectivity index (χ2v) is 27.5. The topological polar surface area (TPSA) is 81.2 Å². The van der Waals surface area contributed by atoms with Crippen LogP contribution in [0.25, 0.3) is 20.4 Å². The lowest BCUT2D eigenvalue weighted by Gasteiger charge is -2.47. The average molecular weight is 853 g/mol. The first-order valence-electron chi connectivity index (χ1n) is 15.9. The van der Waals surface area contributed by atoms with Gasteiger partial charge in [-0.25, -0.2) is 9.97 Å². The van der Waals surface area contributed by atoms with E-state index in [0.717, 1.165) is 40.3 Å². The number of hydrogen-bond acceptors (Lipinski definition) is 15. The van der Waals surface area contributed by atoms with Crippen molar-refractivity contribution in [2.75, 3.05) is 42.7 Å². The molecule has 0 saturated heterocycles.